The number of fused-ring (bicyclic) bond motifs is 1. The highest BCUT2D eigenvalue weighted by atomic mass is 32.2. The zero-order chi connectivity index (χ0) is 19.3. The third-order valence-electron chi connectivity index (χ3n) is 3.73. The van der Waals surface area contributed by atoms with E-state index in [4.69, 9.17) is 0 Å². The molecular formula is C18H16N8OS. The topological polar surface area (TPSA) is 110 Å². The first-order valence-electron chi connectivity index (χ1n) is 8.42. The molecule has 9 nitrogen and oxygen atoms in total. The van der Waals surface area contributed by atoms with Gasteiger partial charge in [0.25, 0.3) is 11.7 Å². The highest BCUT2D eigenvalue weighted by Crippen LogP contribution is 2.21. The van der Waals surface area contributed by atoms with Gasteiger partial charge >= 0.3 is 0 Å². The number of amides is 1. The van der Waals surface area contributed by atoms with Crippen LogP contribution in [0.25, 0.3) is 5.78 Å². The van der Waals surface area contributed by atoms with Gasteiger partial charge in [0.15, 0.2) is 5.82 Å². The summed E-state index contributed by atoms with van der Waals surface area (Å²) < 4.78 is 1.55. The number of benzene rings is 1. The number of hydrogen-bond donors (Lipinski definition) is 2. The van der Waals surface area contributed by atoms with Crippen LogP contribution in [-0.2, 0) is 5.75 Å². The first-order valence-corrected chi connectivity index (χ1v) is 9.41. The molecular weight excluding hydrogens is 376 g/mol. The molecule has 0 bridgehead atoms. The van der Waals surface area contributed by atoms with E-state index in [-0.39, 0.29) is 5.69 Å². The highest BCUT2D eigenvalue weighted by molar-refractivity contribution is 7.98. The summed E-state index contributed by atoms with van der Waals surface area (Å²) in [5.74, 6) is 1.34. The Hall–Kier alpha value is -3.53. The average molecular weight is 392 g/mol. The molecule has 0 saturated carbocycles. The number of carbonyl (C=O) groups is 1. The number of carbonyl (C=O) groups excluding carboxylic acids is 1. The van der Waals surface area contributed by atoms with Gasteiger partial charge in [-0.1, -0.05) is 42.1 Å². The van der Waals surface area contributed by atoms with E-state index in [1.165, 1.54) is 35.9 Å². The first kappa shape index (κ1) is 17.9. The van der Waals surface area contributed by atoms with Crippen LogP contribution in [0.15, 0.2) is 60.1 Å². The zero-order valence-corrected chi connectivity index (χ0v) is 15.7. The smallest absolute Gasteiger partial charge is 0.281 e. The fourth-order valence-electron chi connectivity index (χ4n) is 2.44. The lowest BCUT2D eigenvalue weighted by Crippen LogP contribution is -2.31. The number of aromatic nitrogens is 6. The van der Waals surface area contributed by atoms with Crippen molar-refractivity contribution in [2.75, 3.05) is 5.43 Å². The minimum absolute atomic E-state index is 0.203. The second-order valence-electron chi connectivity index (χ2n) is 5.83. The molecule has 1 aromatic carbocycles. The molecule has 0 aliphatic rings. The van der Waals surface area contributed by atoms with Gasteiger partial charge in [-0.3, -0.25) is 20.6 Å². The Morgan fingerprint density at radius 3 is 2.82 bits per heavy atom. The normalized spacial score (nSPS) is 10.8. The third-order valence-corrected chi connectivity index (χ3v) is 4.64. The van der Waals surface area contributed by atoms with Gasteiger partial charge in [0.1, 0.15) is 5.69 Å². The number of thioether (sulfide) groups is 1. The van der Waals surface area contributed by atoms with Crippen molar-refractivity contribution in [2.45, 2.75) is 17.8 Å². The van der Waals surface area contributed by atoms with E-state index in [9.17, 15) is 4.79 Å². The molecule has 0 radical (unpaired) electrons. The molecule has 28 heavy (non-hydrogen) atoms. The minimum atomic E-state index is -0.408. The van der Waals surface area contributed by atoms with Crippen LogP contribution >= 0.6 is 11.8 Å². The van der Waals surface area contributed by atoms with E-state index in [2.05, 4.69) is 48.0 Å². The molecule has 4 rings (SSSR count). The molecule has 0 aliphatic carbocycles. The van der Waals surface area contributed by atoms with E-state index in [0.717, 1.165) is 11.4 Å². The molecule has 0 spiro atoms. The van der Waals surface area contributed by atoms with Crippen molar-refractivity contribution in [1.29, 1.82) is 0 Å². The van der Waals surface area contributed by atoms with E-state index in [1.54, 1.807) is 10.6 Å². The molecule has 1 amide bonds. The predicted molar refractivity (Wildman–Crippen MR) is 105 cm³/mol. The number of hydrazine groups is 1. The maximum absolute atomic E-state index is 12.2. The number of nitrogens with one attached hydrogen (secondary N) is 2. The second kappa shape index (κ2) is 8.01. The van der Waals surface area contributed by atoms with E-state index < -0.39 is 5.91 Å². The van der Waals surface area contributed by atoms with Crippen LogP contribution in [0.4, 0.5) is 5.82 Å². The number of nitrogens with zero attached hydrogens (tertiary/aromatic N) is 6. The van der Waals surface area contributed by atoms with Crippen molar-refractivity contribution in [3.63, 3.8) is 0 Å². The summed E-state index contributed by atoms with van der Waals surface area (Å²) in [4.78, 5) is 28.9. The first-order chi connectivity index (χ1) is 13.7. The van der Waals surface area contributed by atoms with Crippen molar-refractivity contribution in [1.82, 2.24) is 35.0 Å². The standard InChI is InChI=1S/C18H16N8OS/c1-12-9-15(23-24-16(27)14-10-19-7-8-20-14)26-17(21-12)22-18(25-26)28-11-13-5-3-2-4-6-13/h2-10,23H,11H2,1H3,(H,24,27). The van der Waals surface area contributed by atoms with Crippen molar-refractivity contribution in [3.05, 3.63) is 71.9 Å². The zero-order valence-electron chi connectivity index (χ0n) is 14.9. The monoisotopic (exact) mass is 392 g/mol. The second-order valence-corrected chi connectivity index (χ2v) is 6.78. The summed E-state index contributed by atoms with van der Waals surface area (Å²) in [5, 5.41) is 5.09. The molecule has 10 heteroatoms. The van der Waals surface area contributed by atoms with E-state index >= 15 is 0 Å². The van der Waals surface area contributed by atoms with Crippen molar-refractivity contribution >= 4 is 29.3 Å². The summed E-state index contributed by atoms with van der Waals surface area (Å²) in [6.07, 6.45) is 4.35. The fraction of sp³-hybridized carbons (Fsp3) is 0.111. The molecule has 2 N–H and O–H groups in total. The van der Waals surface area contributed by atoms with Crippen molar-refractivity contribution < 1.29 is 4.79 Å². The molecule has 140 valence electrons. The van der Waals surface area contributed by atoms with Crippen LogP contribution in [-0.4, -0.2) is 35.5 Å². The average Bonchev–Trinajstić information content (AvgIpc) is 3.14. The largest absolute Gasteiger partial charge is 0.289 e. The fourth-order valence-corrected chi connectivity index (χ4v) is 3.22. The Labute approximate surface area is 164 Å². The third kappa shape index (κ3) is 4.07. The van der Waals surface area contributed by atoms with Crippen LogP contribution in [0.1, 0.15) is 21.7 Å². The Kier molecular flexibility index (Phi) is 5.11. The molecule has 4 aromatic rings. The number of anilines is 1. The van der Waals surface area contributed by atoms with Crippen LogP contribution < -0.4 is 10.9 Å². The Morgan fingerprint density at radius 1 is 1.18 bits per heavy atom. The molecule has 0 unspecified atom stereocenters. The quantitative estimate of drug-likeness (QED) is 0.380. The number of aryl methyl sites for hydroxylation is 1. The van der Waals surface area contributed by atoms with Gasteiger partial charge in [-0.05, 0) is 12.5 Å². The molecule has 0 fully saturated rings. The van der Waals surface area contributed by atoms with E-state index in [1.807, 2.05) is 25.1 Å². The Balaban J connectivity index is 1.51. The summed E-state index contributed by atoms with van der Waals surface area (Å²) in [6, 6.07) is 11.9. The minimum Gasteiger partial charge on any atom is -0.281 e. The summed E-state index contributed by atoms with van der Waals surface area (Å²) in [7, 11) is 0. The molecule has 3 aromatic heterocycles. The van der Waals surface area contributed by atoms with Gasteiger partial charge in [0.05, 0.1) is 6.20 Å². The summed E-state index contributed by atoms with van der Waals surface area (Å²) >= 11 is 1.52. The van der Waals surface area contributed by atoms with Crippen LogP contribution in [0.2, 0.25) is 0 Å². The lowest BCUT2D eigenvalue weighted by Gasteiger charge is -2.09. The van der Waals surface area contributed by atoms with Gasteiger partial charge in [0.2, 0.25) is 5.16 Å². The molecule has 0 aliphatic heterocycles. The van der Waals surface area contributed by atoms with Crippen LogP contribution in [0, 0.1) is 6.92 Å². The number of hydrogen-bond acceptors (Lipinski definition) is 8. The lowest BCUT2D eigenvalue weighted by molar-refractivity contribution is 0.0957. The van der Waals surface area contributed by atoms with Crippen LogP contribution in [0.3, 0.4) is 0 Å². The molecule has 0 saturated heterocycles. The Bertz CT molecular complexity index is 1100. The van der Waals surface area contributed by atoms with Gasteiger partial charge < -0.3 is 0 Å². The van der Waals surface area contributed by atoms with Gasteiger partial charge in [-0.25, -0.2) is 9.97 Å². The SMILES string of the molecule is Cc1cc(NNC(=O)c2cnccn2)n2nc(SCc3ccccc3)nc2n1. The highest BCUT2D eigenvalue weighted by Gasteiger charge is 2.12. The summed E-state index contributed by atoms with van der Waals surface area (Å²) in [5.41, 5.74) is 7.58. The molecule has 0 atom stereocenters. The lowest BCUT2D eigenvalue weighted by atomic mass is 10.2. The maximum Gasteiger partial charge on any atom is 0.289 e. The van der Waals surface area contributed by atoms with Crippen molar-refractivity contribution in [3.8, 4) is 0 Å². The van der Waals surface area contributed by atoms with Crippen molar-refractivity contribution in [2.24, 2.45) is 0 Å². The van der Waals surface area contributed by atoms with Crippen LogP contribution in [0.5, 0.6) is 0 Å². The van der Waals surface area contributed by atoms with Gasteiger partial charge in [-0.15, -0.1) is 5.10 Å². The molecule has 3 heterocycles. The Morgan fingerprint density at radius 2 is 2.04 bits per heavy atom. The number of rotatable bonds is 6. The van der Waals surface area contributed by atoms with Gasteiger partial charge in [-0.2, -0.15) is 9.50 Å². The predicted octanol–water partition coefficient (Wildman–Crippen LogP) is 2.27. The maximum atomic E-state index is 12.2. The van der Waals surface area contributed by atoms with E-state index in [0.29, 0.717) is 16.8 Å². The summed E-state index contributed by atoms with van der Waals surface area (Å²) in [6.45, 7) is 1.85. The van der Waals surface area contributed by atoms with Gasteiger partial charge in [0, 0.05) is 29.9 Å².